The van der Waals surface area contributed by atoms with E-state index in [1.54, 1.807) is 14.2 Å². The molecule has 7 heteroatoms. The third-order valence-electron chi connectivity index (χ3n) is 5.87. The predicted octanol–water partition coefficient (Wildman–Crippen LogP) is 2.40. The molecule has 1 aromatic carbocycles. The minimum absolute atomic E-state index is 0.0258. The highest BCUT2D eigenvalue weighted by Crippen LogP contribution is 2.34. The molecule has 1 aromatic heterocycles. The molecule has 1 N–H and O–H groups in total. The van der Waals surface area contributed by atoms with E-state index in [1.165, 1.54) is 11.1 Å². The molecule has 4 rings (SSSR count). The van der Waals surface area contributed by atoms with Gasteiger partial charge in [-0.2, -0.15) is 5.10 Å². The number of hydrogen-bond acceptors (Lipinski definition) is 5. The number of H-pyrrole nitrogens is 1. The van der Waals surface area contributed by atoms with Gasteiger partial charge < -0.3 is 14.4 Å². The van der Waals surface area contributed by atoms with Crippen molar-refractivity contribution in [3.05, 3.63) is 40.7 Å². The highest BCUT2D eigenvalue weighted by molar-refractivity contribution is 5.92. The molecule has 0 radical (unpaired) electrons. The smallest absolute Gasteiger partial charge is 0.274 e. The maximum absolute atomic E-state index is 12.8. The lowest BCUT2D eigenvalue weighted by Crippen LogP contribution is -2.51. The number of methoxy groups -OCH3 is 2. The van der Waals surface area contributed by atoms with Crippen LogP contribution in [0.1, 0.15) is 40.2 Å². The maximum atomic E-state index is 12.8. The average molecular weight is 384 g/mol. The number of ether oxygens (including phenoxy) is 2. The Hall–Kier alpha value is -2.54. The van der Waals surface area contributed by atoms with Crippen LogP contribution in [0.4, 0.5) is 0 Å². The van der Waals surface area contributed by atoms with Crippen LogP contribution >= 0.6 is 0 Å². The zero-order valence-corrected chi connectivity index (χ0v) is 16.8. The Morgan fingerprint density at radius 3 is 2.57 bits per heavy atom. The summed E-state index contributed by atoms with van der Waals surface area (Å²) in [5.41, 5.74) is 4.04. The van der Waals surface area contributed by atoms with E-state index in [0.29, 0.717) is 11.7 Å². The van der Waals surface area contributed by atoms with Crippen LogP contribution in [0.25, 0.3) is 0 Å². The standard InChI is InChI=1S/C21H28N4O3/c1-14-9-18(23-22-14)21(26)25-7-4-5-17(13-25)24-8-6-15-10-19(27-2)20(28-3)11-16(15)12-24/h9-11,17H,4-8,12-13H2,1-3H3,(H,22,23)/t17-/m0/s1. The van der Waals surface area contributed by atoms with Gasteiger partial charge in [0.1, 0.15) is 5.69 Å². The Morgan fingerprint density at radius 2 is 1.89 bits per heavy atom. The minimum Gasteiger partial charge on any atom is -0.493 e. The number of nitrogens with zero attached hydrogens (tertiary/aromatic N) is 3. The van der Waals surface area contributed by atoms with Crippen LogP contribution in [-0.2, 0) is 13.0 Å². The van der Waals surface area contributed by atoms with E-state index in [-0.39, 0.29) is 5.91 Å². The summed E-state index contributed by atoms with van der Waals surface area (Å²) in [6.07, 6.45) is 3.12. The first-order valence-electron chi connectivity index (χ1n) is 9.88. The average Bonchev–Trinajstić information content (AvgIpc) is 3.18. The first-order chi connectivity index (χ1) is 13.6. The molecular weight excluding hydrogens is 356 g/mol. The molecule has 0 unspecified atom stereocenters. The Kier molecular flexibility index (Phi) is 5.26. The number of aromatic amines is 1. The molecule has 2 aromatic rings. The molecule has 0 bridgehead atoms. The number of aromatic nitrogens is 2. The lowest BCUT2D eigenvalue weighted by molar-refractivity contribution is 0.0543. The number of fused-ring (bicyclic) bond motifs is 1. The molecule has 2 aliphatic heterocycles. The second-order valence-electron chi connectivity index (χ2n) is 7.68. The van der Waals surface area contributed by atoms with Crippen molar-refractivity contribution in [3.63, 3.8) is 0 Å². The van der Waals surface area contributed by atoms with Crippen molar-refractivity contribution in [2.75, 3.05) is 33.9 Å². The fraction of sp³-hybridized carbons (Fsp3) is 0.524. The molecule has 0 aliphatic carbocycles. The van der Waals surface area contributed by atoms with Gasteiger partial charge in [0, 0.05) is 37.9 Å². The second kappa shape index (κ2) is 7.83. The van der Waals surface area contributed by atoms with Crippen molar-refractivity contribution in [2.45, 2.75) is 38.8 Å². The third-order valence-corrected chi connectivity index (χ3v) is 5.87. The second-order valence-corrected chi connectivity index (χ2v) is 7.68. The van der Waals surface area contributed by atoms with Crippen LogP contribution in [-0.4, -0.2) is 65.8 Å². The molecule has 1 amide bonds. The number of amides is 1. The molecule has 0 saturated carbocycles. The number of rotatable bonds is 4. The Morgan fingerprint density at radius 1 is 1.14 bits per heavy atom. The summed E-state index contributed by atoms with van der Waals surface area (Å²) >= 11 is 0. The quantitative estimate of drug-likeness (QED) is 0.877. The van der Waals surface area contributed by atoms with Crippen LogP contribution in [0.2, 0.25) is 0 Å². The Bertz CT molecular complexity index is 863. The van der Waals surface area contributed by atoms with Crippen LogP contribution in [0.3, 0.4) is 0 Å². The highest BCUT2D eigenvalue weighted by Gasteiger charge is 2.31. The van der Waals surface area contributed by atoms with Crippen LogP contribution in [0, 0.1) is 6.92 Å². The van der Waals surface area contributed by atoms with Crippen LogP contribution < -0.4 is 9.47 Å². The molecule has 1 saturated heterocycles. The molecule has 1 fully saturated rings. The molecule has 150 valence electrons. The van der Waals surface area contributed by atoms with Gasteiger partial charge >= 0.3 is 0 Å². The molecule has 28 heavy (non-hydrogen) atoms. The summed E-state index contributed by atoms with van der Waals surface area (Å²) in [4.78, 5) is 17.2. The zero-order valence-electron chi connectivity index (χ0n) is 16.8. The predicted molar refractivity (Wildman–Crippen MR) is 106 cm³/mol. The van der Waals surface area contributed by atoms with Gasteiger partial charge in [-0.15, -0.1) is 0 Å². The summed E-state index contributed by atoms with van der Waals surface area (Å²) in [5, 5.41) is 7.00. The summed E-state index contributed by atoms with van der Waals surface area (Å²) in [6, 6.07) is 6.39. The molecule has 1 atom stereocenters. The van der Waals surface area contributed by atoms with Crippen molar-refractivity contribution < 1.29 is 14.3 Å². The van der Waals surface area contributed by atoms with E-state index in [2.05, 4.69) is 27.2 Å². The minimum atomic E-state index is 0.0258. The van der Waals surface area contributed by atoms with Gasteiger partial charge in [0.05, 0.1) is 14.2 Å². The molecule has 2 aliphatic rings. The summed E-state index contributed by atoms with van der Waals surface area (Å²) in [7, 11) is 3.35. The lowest BCUT2D eigenvalue weighted by Gasteiger charge is -2.41. The highest BCUT2D eigenvalue weighted by atomic mass is 16.5. The van der Waals surface area contributed by atoms with Crippen molar-refractivity contribution >= 4 is 5.91 Å². The SMILES string of the molecule is COc1cc2c(cc1OC)CN([C@H]1CCCN(C(=O)c3cc(C)[nH]n3)C1)CC2. The molecule has 0 spiro atoms. The number of hydrogen-bond donors (Lipinski definition) is 1. The van der Waals surface area contributed by atoms with E-state index in [1.807, 2.05) is 17.9 Å². The van der Waals surface area contributed by atoms with E-state index in [4.69, 9.17) is 9.47 Å². The van der Waals surface area contributed by atoms with Gasteiger partial charge in [-0.3, -0.25) is 14.8 Å². The number of carbonyl (C=O) groups is 1. The molecular formula is C21H28N4O3. The van der Waals surface area contributed by atoms with Gasteiger partial charge in [0.25, 0.3) is 5.91 Å². The van der Waals surface area contributed by atoms with E-state index in [0.717, 1.165) is 62.6 Å². The van der Waals surface area contributed by atoms with Crippen molar-refractivity contribution in [1.29, 1.82) is 0 Å². The summed E-state index contributed by atoms with van der Waals surface area (Å²) < 4.78 is 10.9. The lowest BCUT2D eigenvalue weighted by atomic mass is 9.95. The summed E-state index contributed by atoms with van der Waals surface area (Å²) in [5.74, 6) is 1.59. The number of piperidine rings is 1. The monoisotopic (exact) mass is 384 g/mol. The number of likely N-dealkylation sites (tertiary alicyclic amines) is 1. The van der Waals surface area contributed by atoms with Gasteiger partial charge in [-0.25, -0.2) is 0 Å². The summed E-state index contributed by atoms with van der Waals surface area (Å²) in [6.45, 7) is 5.35. The fourth-order valence-electron chi connectivity index (χ4n) is 4.34. The fourth-order valence-corrected chi connectivity index (χ4v) is 4.34. The maximum Gasteiger partial charge on any atom is 0.274 e. The van der Waals surface area contributed by atoms with Crippen LogP contribution in [0.5, 0.6) is 11.5 Å². The zero-order chi connectivity index (χ0) is 19.7. The van der Waals surface area contributed by atoms with Crippen LogP contribution in [0.15, 0.2) is 18.2 Å². The van der Waals surface area contributed by atoms with E-state index in [9.17, 15) is 4.79 Å². The number of nitrogens with one attached hydrogen (secondary N) is 1. The third kappa shape index (κ3) is 3.58. The number of benzene rings is 1. The van der Waals surface area contributed by atoms with Crippen molar-refractivity contribution in [1.82, 2.24) is 20.0 Å². The van der Waals surface area contributed by atoms with Crippen molar-refractivity contribution in [2.24, 2.45) is 0 Å². The largest absolute Gasteiger partial charge is 0.493 e. The van der Waals surface area contributed by atoms with Gasteiger partial charge in [-0.1, -0.05) is 0 Å². The molecule has 7 nitrogen and oxygen atoms in total. The number of aryl methyl sites for hydroxylation is 1. The normalized spacial score (nSPS) is 20.0. The first kappa shape index (κ1) is 18.8. The Labute approximate surface area is 165 Å². The first-order valence-corrected chi connectivity index (χ1v) is 9.88. The topological polar surface area (TPSA) is 70.7 Å². The van der Waals surface area contributed by atoms with Gasteiger partial charge in [0.2, 0.25) is 0 Å². The van der Waals surface area contributed by atoms with E-state index < -0.39 is 0 Å². The van der Waals surface area contributed by atoms with Gasteiger partial charge in [0.15, 0.2) is 11.5 Å². The van der Waals surface area contributed by atoms with E-state index >= 15 is 0 Å². The van der Waals surface area contributed by atoms with Crippen molar-refractivity contribution in [3.8, 4) is 11.5 Å². The number of carbonyl (C=O) groups excluding carboxylic acids is 1. The van der Waals surface area contributed by atoms with Gasteiger partial charge in [-0.05, 0) is 55.5 Å². The Balaban J connectivity index is 1.47. The molecule has 3 heterocycles.